The molecule has 1 aliphatic carbocycles. The molecule has 1 N–H and O–H groups in total. The zero-order chi connectivity index (χ0) is 11.8. The van der Waals surface area contributed by atoms with Gasteiger partial charge in [-0.1, -0.05) is 22.9 Å². The predicted molar refractivity (Wildman–Crippen MR) is 74.9 cm³/mol. The van der Waals surface area contributed by atoms with Gasteiger partial charge in [0.05, 0.1) is 0 Å². The van der Waals surface area contributed by atoms with Gasteiger partial charge in [-0.3, -0.25) is 0 Å². The van der Waals surface area contributed by atoms with Crippen LogP contribution in [-0.2, 0) is 0 Å². The average molecular weight is 287 g/mol. The zero-order valence-corrected chi connectivity index (χ0v) is 11.2. The van der Waals surface area contributed by atoms with Crippen LogP contribution in [0.4, 0.5) is 0 Å². The normalized spacial score (nSPS) is 18.9. The van der Waals surface area contributed by atoms with Crippen LogP contribution in [0.2, 0.25) is 0 Å². The van der Waals surface area contributed by atoms with Gasteiger partial charge in [0.15, 0.2) is 0 Å². The summed E-state index contributed by atoms with van der Waals surface area (Å²) >= 11 is 3.54. The summed E-state index contributed by atoms with van der Waals surface area (Å²) in [6.07, 6.45) is 10.7. The molecular formula is C15H13BrN. The van der Waals surface area contributed by atoms with E-state index in [1.807, 2.05) is 0 Å². The van der Waals surface area contributed by atoms with Crippen molar-refractivity contribution in [3.8, 4) is 0 Å². The number of H-pyrrole nitrogens is 1. The minimum absolute atomic E-state index is 0.424. The molecule has 1 aromatic heterocycles. The van der Waals surface area contributed by atoms with Crippen LogP contribution in [-0.4, -0.2) is 4.98 Å². The number of nitrogens with one attached hydrogen (secondary N) is 1. The van der Waals surface area contributed by atoms with E-state index in [1.165, 1.54) is 22.4 Å². The minimum atomic E-state index is 0.424. The van der Waals surface area contributed by atoms with E-state index < -0.39 is 0 Å². The molecule has 1 atom stereocenters. The van der Waals surface area contributed by atoms with Crippen LogP contribution in [0.25, 0.3) is 10.9 Å². The second-order valence-corrected chi connectivity index (χ2v) is 5.29. The van der Waals surface area contributed by atoms with Crippen LogP contribution in [0.1, 0.15) is 18.4 Å². The lowest BCUT2D eigenvalue weighted by atomic mass is 9.86. The van der Waals surface area contributed by atoms with Gasteiger partial charge in [0.1, 0.15) is 0 Å². The van der Waals surface area contributed by atoms with E-state index in [2.05, 4.69) is 77.9 Å². The van der Waals surface area contributed by atoms with Gasteiger partial charge in [-0.15, -0.1) is 0 Å². The van der Waals surface area contributed by atoms with Gasteiger partial charge in [0.25, 0.3) is 0 Å². The van der Waals surface area contributed by atoms with Crippen molar-refractivity contribution in [1.82, 2.24) is 4.98 Å². The Labute approximate surface area is 111 Å². The molecule has 0 amide bonds. The molecule has 2 heteroatoms. The third-order valence-electron chi connectivity index (χ3n) is 3.33. The molecule has 0 saturated heterocycles. The summed E-state index contributed by atoms with van der Waals surface area (Å²) < 4.78 is 1.13. The van der Waals surface area contributed by atoms with Crippen molar-refractivity contribution in [2.75, 3.05) is 0 Å². The summed E-state index contributed by atoms with van der Waals surface area (Å²) in [6.45, 7) is 2.25. The van der Waals surface area contributed by atoms with Gasteiger partial charge in [0.2, 0.25) is 0 Å². The van der Waals surface area contributed by atoms with Gasteiger partial charge in [-0.05, 0) is 61.3 Å². The first kappa shape index (κ1) is 11.3. The molecule has 1 nitrogen and oxygen atoms in total. The predicted octanol–water partition coefficient (Wildman–Crippen LogP) is 4.44. The van der Waals surface area contributed by atoms with E-state index in [1.54, 1.807) is 0 Å². The monoisotopic (exact) mass is 286 g/mol. The van der Waals surface area contributed by atoms with Crippen molar-refractivity contribution in [3.05, 3.63) is 66.0 Å². The number of rotatable bonds is 2. The van der Waals surface area contributed by atoms with Gasteiger partial charge in [-0.25, -0.2) is 0 Å². The Hall–Kier alpha value is -0.760. The lowest BCUT2D eigenvalue weighted by Crippen LogP contribution is -2.03. The number of aromatic nitrogens is 1. The Morgan fingerprint density at radius 3 is 2.71 bits per heavy atom. The summed E-state index contributed by atoms with van der Waals surface area (Å²) in [5, 5.41) is 1.30. The van der Waals surface area contributed by atoms with Crippen molar-refractivity contribution >= 4 is 26.8 Å². The number of hydrogen-bond acceptors (Lipinski definition) is 0. The maximum absolute atomic E-state index is 3.54. The van der Waals surface area contributed by atoms with E-state index in [0.717, 1.165) is 4.47 Å². The van der Waals surface area contributed by atoms with Crippen LogP contribution >= 0.6 is 15.9 Å². The molecule has 0 aliphatic heterocycles. The van der Waals surface area contributed by atoms with Crippen LogP contribution in [0, 0.1) is 31.6 Å². The topological polar surface area (TPSA) is 15.8 Å². The van der Waals surface area contributed by atoms with Crippen molar-refractivity contribution in [2.24, 2.45) is 0 Å². The van der Waals surface area contributed by atoms with E-state index in [4.69, 9.17) is 0 Å². The Balaban J connectivity index is 2.01. The number of aromatic amines is 1. The van der Waals surface area contributed by atoms with Gasteiger partial charge >= 0.3 is 0 Å². The molecule has 2 aromatic rings. The van der Waals surface area contributed by atoms with Crippen molar-refractivity contribution < 1.29 is 0 Å². The highest BCUT2D eigenvalue weighted by atomic mass is 79.9. The first-order valence-corrected chi connectivity index (χ1v) is 6.53. The number of fused-ring (bicyclic) bond motifs is 1. The van der Waals surface area contributed by atoms with E-state index in [0.29, 0.717) is 5.92 Å². The maximum atomic E-state index is 3.54. The highest BCUT2D eigenvalue weighted by Crippen LogP contribution is 2.39. The second kappa shape index (κ2) is 4.49. The Morgan fingerprint density at radius 1 is 1.18 bits per heavy atom. The summed E-state index contributed by atoms with van der Waals surface area (Å²) in [5.41, 5.74) is 2.55. The van der Waals surface area contributed by atoms with E-state index >= 15 is 0 Å². The molecule has 0 spiro atoms. The molecule has 1 heterocycles. The highest BCUT2D eigenvalue weighted by Gasteiger charge is 2.25. The summed E-state index contributed by atoms with van der Waals surface area (Å²) in [4.78, 5) is 3.34. The second-order valence-electron chi connectivity index (χ2n) is 4.37. The fraction of sp³-hybridized carbons (Fsp3) is 0.133. The third-order valence-corrected chi connectivity index (χ3v) is 3.82. The first-order valence-electron chi connectivity index (χ1n) is 5.74. The summed E-state index contributed by atoms with van der Waals surface area (Å²) in [5.74, 6) is 1.79. The molecule has 0 unspecified atom stereocenters. The molecule has 0 bridgehead atoms. The highest BCUT2D eigenvalue weighted by molar-refractivity contribution is 9.10. The van der Waals surface area contributed by atoms with Gasteiger partial charge in [0, 0.05) is 21.6 Å². The largest absolute Gasteiger partial charge is 0.361 e. The Kier molecular flexibility index (Phi) is 2.99. The van der Waals surface area contributed by atoms with E-state index in [-0.39, 0.29) is 0 Å². The Morgan fingerprint density at radius 2 is 1.94 bits per heavy atom. The molecule has 1 aliphatic rings. The molecule has 85 valence electrons. The van der Waals surface area contributed by atoms with Gasteiger partial charge in [-0.2, -0.15) is 0 Å². The van der Waals surface area contributed by atoms with Crippen molar-refractivity contribution in [2.45, 2.75) is 12.8 Å². The molecule has 5 radical (unpaired) electrons. The minimum Gasteiger partial charge on any atom is -0.361 e. The maximum Gasteiger partial charge on any atom is 0.0457 e. The summed E-state index contributed by atoms with van der Waals surface area (Å²) in [6, 6.07) is 6.36. The van der Waals surface area contributed by atoms with E-state index in [9.17, 15) is 0 Å². The molecule has 1 aromatic carbocycles. The fourth-order valence-electron chi connectivity index (χ4n) is 2.33. The standard InChI is InChI=1S/C15H13BrN/c1-10(11-4-2-3-5-11)14-9-17-15-7-6-12(16)8-13(14)15/h2-10,17H,1H3/t10-/m0/s1. The molecule has 1 saturated carbocycles. The smallest absolute Gasteiger partial charge is 0.0457 e. The summed E-state index contributed by atoms with van der Waals surface area (Å²) in [7, 11) is 0. The van der Waals surface area contributed by atoms with Crippen molar-refractivity contribution in [1.29, 1.82) is 0 Å². The molecule has 17 heavy (non-hydrogen) atoms. The molecular weight excluding hydrogens is 274 g/mol. The molecule has 1 fully saturated rings. The number of halogens is 1. The zero-order valence-electron chi connectivity index (χ0n) is 9.57. The Bertz CT molecular complexity index is 523. The first-order chi connectivity index (χ1) is 8.25. The quantitative estimate of drug-likeness (QED) is 0.840. The van der Waals surface area contributed by atoms with Crippen molar-refractivity contribution in [3.63, 3.8) is 0 Å². The lowest BCUT2D eigenvalue weighted by Gasteiger charge is -2.17. The SMILES string of the molecule is C[C@@H]([C]1[CH][CH][CH][CH]1)c1c[nH]c2ccc(Br)cc12. The van der Waals surface area contributed by atoms with Crippen LogP contribution < -0.4 is 0 Å². The lowest BCUT2D eigenvalue weighted by molar-refractivity contribution is 0.834. The average Bonchev–Trinajstić information content (AvgIpc) is 2.97. The van der Waals surface area contributed by atoms with Gasteiger partial charge < -0.3 is 4.98 Å². The van der Waals surface area contributed by atoms with Crippen LogP contribution in [0.5, 0.6) is 0 Å². The number of benzene rings is 1. The third kappa shape index (κ3) is 2.03. The fourth-order valence-corrected chi connectivity index (χ4v) is 2.69. The number of hydrogen-bond donors (Lipinski definition) is 1. The van der Waals surface area contributed by atoms with Crippen LogP contribution in [0.15, 0.2) is 28.9 Å². The van der Waals surface area contributed by atoms with Crippen LogP contribution in [0.3, 0.4) is 0 Å². The molecule has 3 rings (SSSR count).